The monoisotopic (exact) mass is 520 g/mol. The molecule has 3 aliphatic rings. The third kappa shape index (κ3) is 6.03. The van der Waals surface area contributed by atoms with Gasteiger partial charge in [-0.25, -0.2) is 14.4 Å². The van der Waals surface area contributed by atoms with Gasteiger partial charge in [0, 0.05) is 31.2 Å². The van der Waals surface area contributed by atoms with E-state index in [1.165, 1.54) is 20.3 Å². The van der Waals surface area contributed by atoms with Gasteiger partial charge in [0.2, 0.25) is 0 Å². The number of carbonyl (C=O) groups is 4. The lowest BCUT2D eigenvalue weighted by Crippen LogP contribution is -2.55. The molecule has 11 heteroatoms. The number of hydroxylamine groups is 2. The molecule has 0 spiro atoms. The fraction of sp³-hybridized carbons (Fsp3) is 0.600. The first kappa shape index (κ1) is 26.1. The number of carbonyl (C=O) groups excluding carboxylic acids is 4. The highest BCUT2D eigenvalue weighted by atomic mass is 35.5. The molecule has 3 heterocycles. The summed E-state index contributed by atoms with van der Waals surface area (Å²) in [6.45, 7) is 6.66. The molecule has 1 aromatic rings. The lowest BCUT2D eigenvalue weighted by molar-refractivity contribution is -0.152. The predicted molar refractivity (Wildman–Crippen MR) is 131 cm³/mol. The Bertz CT molecular complexity index is 1000. The number of fused-ring (bicyclic) bond motifs is 1. The molecule has 36 heavy (non-hydrogen) atoms. The molecule has 1 aromatic carbocycles. The first-order valence-electron chi connectivity index (χ1n) is 12.4. The van der Waals surface area contributed by atoms with Crippen LogP contribution in [-0.4, -0.2) is 88.3 Å². The maximum absolute atomic E-state index is 12.9. The van der Waals surface area contributed by atoms with Crippen molar-refractivity contribution in [2.45, 2.75) is 58.1 Å². The summed E-state index contributed by atoms with van der Waals surface area (Å²) in [6.07, 6.45) is 2.35. The number of nitrogens with zero attached hydrogens (tertiary/aromatic N) is 4. The number of amides is 5. The average molecular weight is 521 g/mol. The van der Waals surface area contributed by atoms with E-state index in [9.17, 15) is 19.2 Å². The van der Waals surface area contributed by atoms with Crippen molar-refractivity contribution in [3.8, 4) is 0 Å². The third-order valence-corrected chi connectivity index (χ3v) is 6.99. The van der Waals surface area contributed by atoms with Crippen molar-refractivity contribution in [3.63, 3.8) is 0 Å². The highest BCUT2D eigenvalue weighted by Crippen LogP contribution is 2.26. The fourth-order valence-electron chi connectivity index (χ4n) is 4.71. The van der Waals surface area contributed by atoms with E-state index in [-0.39, 0.29) is 19.6 Å². The Balaban J connectivity index is 1.26. The Morgan fingerprint density at radius 2 is 1.64 bits per heavy atom. The minimum Gasteiger partial charge on any atom is -0.444 e. The van der Waals surface area contributed by atoms with Crippen LogP contribution in [0.1, 0.15) is 45.6 Å². The van der Waals surface area contributed by atoms with Gasteiger partial charge in [0.15, 0.2) is 0 Å². The van der Waals surface area contributed by atoms with Gasteiger partial charge in [0.1, 0.15) is 11.6 Å². The number of likely N-dealkylation sites (tertiary alicyclic amines) is 1. The fourth-order valence-corrected chi connectivity index (χ4v) is 4.83. The minimum absolute atomic E-state index is 0.00739. The van der Waals surface area contributed by atoms with E-state index in [2.05, 4.69) is 0 Å². The first-order valence-corrected chi connectivity index (χ1v) is 12.7. The second-order valence-corrected chi connectivity index (χ2v) is 10.9. The molecule has 0 aromatic heterocycles. The van der Waals surface area contributed by atoms with E-state index in [0.717, 1.165) is 30.7 Å². The molecule has 0 saturated carbocycles. The molecule has 1 unspecified atom stereocenters. The van der Waals surface area contributed by atoms with Crippen LogP contribution in [-0.2, 0) is 20.8 Å². The summed E-state index contributed by atoms with van der Waals surface area (Å²) in [6, 6.07) is 6.25. The average Bonchev–Trinajstić information content (AvgIpc) is 3.07. The quantitative estimate of drug-likeness (QED) is 0.558. The Morgan fingerprint density at radius 3 is 2.28 bits per heavy atom. The number of hydrogen-bond acceptors (Lipinski definition) is 6. The maximum Gasteiger partial charge on any atom is 0.434 e. The van der Waals surface area contributed by atoms with E-state index in [4.69, 9.17) is 21.2 Å². The van der Waals surface area contributed by atoms with Crippen LogP contribution >= 0.6 is 11.6 Å². The molecule has 5 amide bonds. The number of benzene rings is 1. The van der Waals surface area contributed by atoms with E-state index in [1.807, 2.05) is 24.3 Å². The van der Waals surface area contributed by atoms with Crippen molar-refractivity contribution < 1.29 is 28.8 Å². The summed E-state index contributed by atoms with van der Waals surface area (Å²) in [7, 11) is 0. The number of urea groups is 1. The summed E-state index contributed by atoms with van der Waals surface area (Å²) in [5.41, 5.74) is 0.559. The highest BCUT2D eigenvalue weighted by Gasteiger charge is 2.51. The van der Waals surface area contributed by atoms with E-state index in [0.29, 0.717) is 24.1 Å². The number of imide groups is 1. The molecular formula is C25H33ClN4O6. The van der Waals surface area contributed by atoms with Gasteiger partial charge in [0.25, 0.3) is 5.91 Å². The molecule has 0 N–H and O–H groups in total. The van der Waals surface area contributed by atoms with Crippen LogP contribution < -0.4 is 0 Å². The molecule has 3 saturated heterocycles. The Kier molecular flexibility index (Phi) is 7.63. The molecule has 0 bridgehead atoms. The van der Waals surface area contributed by atoms with Gasteiger partial charge in [-0.3, -0.25) is 4.79 Å². The predicted octanol–water partition coefficient (Wildman–Crippen LogP) is 3.92. The van der Waals surface area contributed by atoms with Crippen LogP contribution in [0.5, 0.6) is 0 Å². The number of halogens is 1. The van der Waals surface area contributed by atoms with Crippen LogP contribution in [0.2, 0.25) is 5.02 Å². The molecule has 10 nitrogen and oxygen atoms in total. The number of hydrogen-bond donors (Lipinski definition) is 0. The summed E-state index contributed by atoms with van der Waals surface area (Å²) in [4.78, 5) is 60.3. The van der Waals surface area contributed by atoms with Crippen molar-refractivity contribution in [1.29, 1.82) is 0 Å². The smallest absolute Gasteiger partial charge is 0.434 e. The van der Waals surface area contributed by atoms with Crippen molar-refractivity contribution in [2.24, 2.45) is 5.92 Å². The molecule has 3 fully saturated rings. The standard InChI is InChI=1S/C25H33ClN4O6/c1-25(2,3)35-23(33)28-14-15-29-20(16-28)21(31)30(22(29)32)36-24(34)27-12-10-18(11-13-27)5-4-17-6-8-19(26)9-7-17/h6-9,18,20H,4-5,10-16H2,1-3H3. The van der Waals surface area contributed by atoms with Crippen molar-refractivity contribution in [3.05, 3.63) is 34.9 Å². The van der Waals surface area contributed by atoms with Crippen LogP contribution in [0.25, 0.3) is 0 Å². The largest absolute Gasteiger partial charge is 0.444 e. The van der Waals surface area contributed by atoms with Crippen molar-refractivity contribution in [1.82, 2.24) is 19.8 Å². The van der Waals surface area contributed by atoms with E-state index >= 15 is 0 Å². The number of rotatable bonds is 4. The Hall–Kier alpha value is -3.01. The Morgan fingerprint density at radius 1 is 0.972 bits per heavy atom. The molecule has 196 valence electrons. The number of piperidine rings is 1. The van der Waals surface area contributed by atoms with Crippen LogP contribution in [0.15, 0.2) is 24.3 Å². The van der Waals surface area contributed by atoms with Gasteiger partial charge in [-0.1, -0.05) is 28.8 Å². The first-order chi connectivity index (χ1) is 17.0. The van der Waals surface area contributed by atoms with Crippen LogP contribution in [0, 0.1) is 5.92 Å². The minimum atomic E-state index is -0.898. The van der Waals surface area contributed by atoms with E-state index < -0.39 is 35.8 Å². The topological polar surface area (TPSA) is 99.7 Å². The maximum atomic E-state index is 12.9. The van der Waals surface area contributed by atoms with Gasteiger partial charge in [-0.15, -0.1) is 0 Å². The lowest BCUT2D eigenvalue weighted by Gasteiger charge is -2.35. The molecular weight excluding hydrogens is 488 g/mol. The molecule has 3 aliphatic heterocycles. The zero-order valence-corrected chi connectivity index (χ0v) is 21.7. The Labute approximate surface area is 216 Å². The van der Waals surface area contributed by atoms with Crippen LogP contribution in [0.4, 0.5) is 14.4 Å². The summed E-state index contributed by atoms with van der Waals surface area (Å²) in [5.74, 6) is -0.174. The van der Waals surface area contributed by atoms with Gasteiger partial charge >= 0.3 is 18.2 Å². The zero-order valence-electron chi connectivity index (χ0n) is 20.9. The highest BCUT2D eigenvalue weighted by molar-refractivity contribution is 6.30. The van der Waals surface area contributed by atoms with Crippen molar-refractivity contribution in [2.75, 3.05) is 32.7 Å². The molecule has 4 rings (SSSR count). The second kappa shape index (κ2) is 10.5. The third-order valence-electron chi connectivity index (χ3n) is 6.73. The molecule has 0 aliphatic carbocycles. The normalized spacial score (nSPS) is 21.1. The summed E-state index contributed by atoms with van der Waals surface area (Å²) in [5, 5.41) is 1.26. The molecule has 0 radical (unpaired) electrons. The number of piperazine rings is 1. The molecule has 1 atom stereocenters. The summed E-state index contributed by atoms with van der Waals surface area (Å²) >= 11 is 5.94. The SMILES string of the molecule is CC(C)(C)OC(=O)N1CCN2C(=O)N(OC(=O)N3CCC(CCc4ccc(Cl)cc4)CC3)C(=O)C2C1. The summed E-state index contributed by atoms with van der Waals surface area (Å²) < 4.78 is 5.38. The van der Waals surface area contributed by atoms with Gasteiger partial charge < -0.3 is 24.3 Å². The van der Waals surface area contributed by atoms with Crippen molar-refractivity contribution >= 4 is 35.7 Å². The van der Waals surface area contributed by atoms with Gasteiger partial charge in [-0.05, 0) is 70.1 Å². The number of ether oxygens (including phenoxy) is 1. The van der Waals surface area contributed by atoms with E-state index in [1.54, 1.807) is 20.8 Å². The van der Waals surface area contributed by atoms with Gasteiger partial charge in [0.05, 0.1) is 6.54 Å². The van der Waals surface area contributed by atoms with Crippen LogP contribution in [0.3, 0.4) is 0 Å². The zero-order chi connectivity index (χ0) is 26.0. The lowest BCUT2D eigenvalue weighted by atomic mass is 9.91. The number of aryl methyl sites for hydroxylation is 1. The second-order valence-electron chi connectivity index (χ2n) is 10.5. The van der Waals surface area contributed by atoms with Gasteiger partial charge in [-0.2, -0.15) is 0 Å².